The predicted octanol–water partition coefficient (Wildman–Crippen LogP) is 0.740. The fourth-order valence-electron chi connectivity index (χ4n) is 13.9. The van der Waals surface area contributed by atoms with Gasteiger partial charge in [-0.15, -0.1) is 0 Å². The predicted molar refractivity (Wildman–Crippen MR) is 265 cm³/mol. The molecule has 21 heteroatoms. The largest absolute Gasteiger partial charge is 0.391 e. The summed E-state index contributed by atoms with van der Waals surface area (Å²) in [5, 5.41) is 21.8. The van der Waals surface area contributed by atoms with Gasteiger partial charge in [0, 0.05) is 70.2 Å². The second kappa shape index (κ2) is 21.9. The minimum absolute atomic E-state index is 0.0113. The number of Topliss-reactive ketones (excluding diaryl/α,β-unsaturated/α-hetero) is 1. The number of aliphatic imine (C=N–C) groups is 1. The standard InChI is InChI=1S/C54H74N6O15/c1-27-15-33-13-14-53-22-41-48(74-53)49-50(71-41)51(75-53)54-42(72-49)12-10-34(73-54)18-30(61)19-35-38(21-39-46(60-54)28(2)16-32(69-39)9-11-37(27)68-33)70-40(47(35)67-3)20-31(62)24-56-44(64)25-58-52(66)36(17-29-7-5-4-6-8-29)59-45(65)26-57-43(63)23-55/h4-8,28,31-42,47-51,62H,1,9-26,55H2,2-3H3,(H,56,64)(H,57,63)(H,58,66)(H,59,65)/t28-,31+,32+,33+,34-,35+,36+,37?,38+,39-,40-,41-,42+,47-,48+,49?,50?,51-,53+,54+/m1/s1. The molecule has 75 heavy (non-hydrogen) atoms. The van der Waals surface area contributed by atoms with Crippen LogP contribution < -0.4 is 27.0 Å². The summed E-state index contributed by atoms with van der Waals surface area (Å²) in [6.45, 7) is 5.35. The number of nitrogens with one attached hydrogen (secondary N) is 4. The summed E-state index contributed by atoms with van der Waals surface area (Å²) in [4.78, 5) is 71.1. The van der Waals surface area contributed by atoms with Crippen LogP contribution in [0.1, 0.15) is 96.0 Å². The number of carbonyl (C=O) groups excluding carboxylic acids is 5. The van der Waals surface area contributed by atoms with Crippen molar-refractivity contribution < 1.29 is 71.7 Å². The van der Waals surface area contributed by atoms with Gasteiger partial charge in [0.05, 0.1) is 80.7 Å². The summed E-state index contributed by atoms with van der Waals surface area (Å²) >= 11 is 0. The smallest absolute Gasteiger partial charge is 0.243 e. The van der Waals surface area contributed by atoms with Crippen LogP contribution in [0.4, 0.5) is 0 Å². The van der Waals surface area contributed by atoms with Crippen molar-refractivity contribution in [3.63, 3.8) is 0 Å². The van der Waals surface area contributed by atoms with Crippen LogP contribution in [0, 0.1) is 11.8 Å². The number of methoxy groups -OCH3 is 1. The van der Waals surface area contributed by atoms with Gasteiger partial charge in [-0.05, 0) is 62.0 Å². The summed E-state index contributed by atoms with van der Waals surface area (Å²) in [6, 6.07) is 7.97. The van der Waals surface area contributed by atoms with E-state index in [1.165, 1.54) is 0 Å². The van der Waals surface area contributed by atoms with Crippen molar-refractivity contribution >= 4 is 35.1 Å². The monoisotopic (exact) mass is 1050 g/mol. The van der Waals surface area contributed by atoms with Gasteiger partial charge in [0.25, 0.3) is 0 Å². The number of hydrogen-bond acceptors (Lipinski definition) is 17. The van der Waals surface area contributed by atoms with Gasteiger partial charge in [-0.3, -0.25) is 29.0 Å². The molecule has 0 radical (unpaired) electrons. The average Bonchev–Trinajstić information content (AvgIpc) is 4.13. The Labute approximate surface area is 436 Å². The molecule has 0 saturated carbocycles. The molecular weight excluding hydrogens is 973 g/mol. The number of rotatable bonds is 14. The van der Waals surface area contributed by atoms with Gasteiger partial charge in [-0.1, -0.05) is 43.8 Å². The molecule has 0 aliphatic carbocycles. The first kappa shape index (κ1) is 52.8. The Bertz CT molecular complexity index is 2360. The van der Waals surface area contributed by atoms with E-state index in [1.807, 2.05) is 6.07 Å². The minimum atomic E-state index is -1.35. The van der Waals surface area contributed by atoms with Crippen LogP contribution in [0.3, 0.4) is 0 Å². The number of nitrogens with two attached hydrogens (primary N) is 1. The number of benzene rings is 1. The molecule has 13 rings (SSSR count). The zero-order chi connectivity index (χ0) is 52.2. The molecule has 20 atom stereocenters. The Morgan fingerprint density at radius 3 is 2.44 bits per heavy atom. The molecule has 1 aromatic carbocycles. The molecule has 2 spiro atoms. The fourth-order valence-corrected chi connectivity index (χ4v) is 13.9. The van der Waals surface area contributed by atoms with Crippen molar-refractivity contribution in [2.24, 2.45) is 22.6 Å². The third-order valence-electron chi connectivity index (χ3n) is 17.4. The fraction of sp³-hybridized carbons (Fsp3) is 0.741. The van der Waals surface area contributed by atoms with E-state index in [-0.39, 0.29) is 93.6 Å². The Hall–Kier alpha value is -4.26. The van der Waals surface area contributed by atoms with Gasteiger partial charge in [0.15, 0.2) is 5.79 Å². The third-order valence-corrected chi connectivity index (χ3v) is 17.4. The number of hydrogen-bond donors (Lipinski definition) is 6. The molecular formula is C54H74N6O15. The molecule has 1 aromatic rings. The van der Waals surface area contributed by atoms with Crippen LogP contribution >= 0.6 is 0 Å². The highest BCUT2D eigenvalue weighted by Crippen LogP contribution is 2.58. The summed E-state index contributed by atoms with van der Waals surface area (Å²) in [7, 11) is 1.58. The second-order valence-corrected chi connectivity index (χ2v) is 22.6. The van der Waals surface area contributed by atoms with Crippen LogP contribution in [-0.2, 0) is 73.0 Å². The minimum Gasteiger partial charge on any atom is -0.391 e. The molecule has 12 aliphatic rings. The maximum absolute atomic E-state index is 14.5. The lowest BCUT2D eigenvalue weighted by atomic mass is 9.79. The van der Waals surface area contributed by atoms with E-state index in [2.05, 4.69) is 34.8 Å². The summed E-state index contributed by atoms with van der Waals surface area (Å²) < 4.78 is 62.4. The molecule has 13 bridgehead atoms. The van der Waals surface area contributed by atoms with Gasteiger partial charge < -0.3 is 74.7 Å². The number of amides is 4. The molecule has 12 aliphatic heterocycles. The van der Waals surface area contributed by atoms with E-state index in [0.717, 1.165) is 42.5 Å². The van der Waals surface area contributed by atoms with E-state index < -0.39 is 109 Å². The van der Waals surface area contributed by atoms with Crippen LogP contribution in [0.15, 0.2) is 47.5 Å². The Kier molecular flexibility index (Phi) is 15.4. The topological polar surface area (TPSA) is 275 Å². The zero-order valence-corrected chi connectivity index (χ0v) is 42.9. The number of nitrogens with zero attached hydrogens (tertiary/aromatic N) is 1. The first-order valence-corrected chi connectivity index (χ1v) is 27.3. The van der Waals surface area contributed by atoms with Crippen LogP contribution in [0.2, 0.25) is 0 Å². The molecule has 7 N–H and O–H groups in total. The first-order chi connectivity index (χ1) is 36.2. The molecule has 0 aromatic heterocycles. The van der Waals surface area contributed by atoms with Crippen LogP contribution in [-0.4, -0.2) is 183 Å². The van der Waals surface area contributed by atoms with E-state index in [4.69, 9.17) is 53.4 Å². The van der Waals surface area contributed by atoms with Gasteiger partial charge in [0.2, 0.25) is 29.4 Å². The number of aliphatic hydroxyl groups is 1. The number of fused-ring (bicyclic) bond motifs is 5. The normalized spacial score (nSPS) is 41.3. The summed E-state index contributed by atoms with van der Waals surface area (Å²) in [6.07, 6.45) is 0.228. The SMILES string of the molecule is C=C1C[C@@H]2CC[C@@]34C[C@H]5OC6C(O[C@H]7CC[C@@H]8CC(=O)C[C@@H]9[C@@H](OC)[C@@H](C[C@H](O)CNC(=O)CNC(=O)[C@H](Cc%10ccccc%10)NC(=O)CNC(=O)CN)O[C@H]9C[C@H]9O[C@@H](CCC1O2)C[C@@H](C)C9=N[C@@]7(O8)[C@@H]6O3)[C@H]5O4. The van der Waals surface area contributed by atoms with Gasteiger partial charge >= 0.3 is 0 Å². The van der Waals surface area contributed by atoms with Crippen molar-refractivity contribution in [2.45, 2.75) is 206 Å². The number of ketones is 1. The third kappa shape index (κ3) is 10.8. The highest BCUT2D eigenvalue weighted by atomic mass is 16.8. The number of carbonyl (C=O) groups is 5. The van der Waals surface area contributed by atoms with Crippen molar-refractivity contribution in [3.8, 4) is 0 Å². The number of aliphatic hydroxyl groups excluding tert-OH is 1. The quantitative estimate of drug-likeness (QED) is 0.140. The van der Waals surface area contributed by atoms with Crippen molar-refractivity contribution in [3.05, 3.63) is 48.0 Å². The lowest BCUT2D eigenvalue weighted by Gasteiger charge is -2.54. The van der Waals surface area contributed by atoms with E-state index in [0.29, 0.717) is 38.5 Å². The Balaban J connectivity index is 0.805. The maximum Gasteiger partial charge on any atom is 0.243 e. The molecule has 21 nitrogen and oxygen atoms in total. The molecule has 4 amide bonds. The molecule has 410 valence electrons. The highest BCUT2D eigenvalue weighted by molar-refractivity contribution is 5.93. The van der Waals surface area contributed by atoms with Crippen molar-refractivity contribution in [2.75, 3.05) is 33.3 Å². The Morgan fingerprint density at radius 2 is 1.63 bits per heavy atom. The lowest BCUT2D eigenvalue weighted by Crippen LogP contribution is -2.70. The molecule has 9 saturated heterocycles. The van der Waals surface area contributed by atoms with Gasteiger partial charge in [-0.2, -0.15) is 0 Å². The number of ether oxygens (including phenoxy) is 9. The molecule has 9 fully saturated rings. The summed E-state index contributed by atoms with van der Waals surface area (Å²) in [5.74, 6) is -3.74. The first-order valence-electron chi connectivity index (χ1n) is 27.3. The van der Waals surface area contributed by atoms with Gasteiger partial charge in [-0.25, -0.2) is 0 Å². The molecule has 12 heterocycles. The molecule has 3 unspecified atom stereocenters. The average molecular weight is 1050 g/mol. The Morgan fingerprint density at radius 1 is 0.827 bits per heavy atom. The highest BCUT2D eigenvalue weighted by Gasteiger charge is 2.73. The van der Waals surface area contributed by atoms with E-state index in [1.54, 1.807) is 31.4 Å². The maximum atomic E-state index is 14.5. The zero-order valence-electron chi connectivity index (χ0n) is 42.9. The van der Waals surface area contributed by atoms with Crippen LogP contribution in [0.25, 0.3) is 0 Å². The van der Waals surface area contributed by atoms with E-state index >= 15 is 0 Å². The van der Waals surface area contributed by atoms with E-state index in [9.17, 15) is 29.1 Å². The van der Waals surface area contributed by atoms with Gasteiger partial charge in [0.1, 0.15) is 42.3 Å². The van der Waals surface area contributed by atoms with Crippen molar-refractivity contribution in [1.82, 2.24) is 21.3 Å². The van der Waals surface area contributed by atoms with Crippen molar-refractivity contribution in [1.29, 1.82) is 0 Å². The van der Waals surface area contributed by atoms with Crippen LogP contribution in [0.5, 0.6) is 0 Å². The lowest BCUT2D eigenvalue weighted by molar-refractivity contribution is -0.330. The second-order valence-electron chi connectivity index (χ2n) is 22.6. The summed E-state index contributed by atoms with van der Waals surface area (Å²) in [5.41, 5.74) is 6.66.